The molecule has 1 heterocycles. The van der Waals surface area contributed by atoms with Crippen molar-refractivity contribution in [3.63, 3.8) is 0 Å². The molecule has 1 unspecified atom stereocenters. The zero-order valence-corrected chi connectivity index (χ0v) is 13.4. The number of benzene rings is 1. The topological polar surface area (TPSA) is 50.8 Å². The van der Waals surface area contributed by atoms with Crippen molar-refractivity contribution in [2.45, 2.75) is 33.2 Å². The molecule has 1 amide bonds. The van der Waals surface area contributed by atoms with Gasteiger partial charge in [0.2, 0.25) is 5.91 Å². The fourth-order valence-electron chi connectivity index (χ4n) is 2.59. The van der Waals surface area contributed by atoms with Crippen LogP contribution in [-0.4, -0.2) is 32.7 Å². The summed E-state index contributed by atoms with van der Waals surface area (Å²) in [6, 6.07) is 3.58. The molecule has 0 aliphatic carbocycles. The zero-order valence-electron chi connectivity index (χ0n) is 13.4. The second kappa shape index (κ2) is 6.24. The van der Waals surface area contributed by atoms with Gasteiger partial charge in [-0.3, -0.25) is 4.79 Å². The molecule has 0 fully saturated rings. The summed E-state index contributed by atoms with van der Waals surface area (Å²) in [4.78, 5) is 14.5. The van der Waals surface area contributed by atoms with Crippen LogP contribution in [0.15, 0.2) is 12.1 Å². The Morgan fingerprint density at radius 2 is 1.86 bits per heavy atom. The first-order chi connectivity index (χ1) is 10.0. The van der Waals surface area contributed by atoms with Crippen LogP contribution in [0.3, 0.4) is 0 Å². The van der Waals surface area contributed by atoms with Crippen molar-refractivity contribution < 1.29 is 14.3 Å². The van der Waals surface area contributed by atoms with Crippen molar-refractivity contribution in [1.82, 2.24) is 0 Å². The zero-order chi connectivity index (χ0) is 15.6. The summed E-state index contributed by atoms with van der Waals surface area (Å²) in [6.07, 6.45) is 0.751. The molecule has 21 heavy (non-hydrogen) atoms. The molecule has 1 aromatic carbocycles. The van der Waals surface area contributed by atoms with Crippen molar-refractivity contribution in [3.8, 4) is 11.5 Å². The standard InChI is InChI=1S/C16H24N2O3/c1-6-11-16(19)18(9-10(2)3)13-8-15(21-5)14(20-4)7-12(13)17-11/h7-8,10-11,17H,6,9H2,1-5H3. The van der Waals surface area contributed by atoms with Gasteiger partial charge in [-0.25, -0.2) is 0 Å². The highest BCUT2D eigenvalue weighted by molar-refractivity contribution is 6.05. The molecule has 0 spiro atoms. The highest BCUT2D eigenvalue weighted by Gasteiger charge is 2.32. The van der Waals surface area contributed by atoms with E-state index < -0.39 is 0 Å². The Balaban J connectivity index is 2.51. The Morgan fingerprint density at radius 3 is 2.38 bits per heavy atom. The second-order valence-electron chi connectivity index (χ2n) is 5.67. The van der Waals surface area contributed by atoms with Crippen LogP contribution in [0.4, 0.5) is 11.4 Å². The van der Waals surface area contributed by atoms with Crippen molar-refractivity contribution in [1.29, 1.82) is 0 Å². The maximum atomic E-state index is 12.6. The quantitative estimate of drug-likeness (QED) is 0.906. The molecule has 116 valence electrons. The molecule has 5 heteroatoms. The molecular weight excluding hydrogens is 268 g/mol. The lowest BCUT2D eigenvalue weighted by atomic mass is 10.0. The van der Waals surface area contributed by atoms with Gasteiger partial charge in [0.05, 0.1) is 25.6 Å². The minimum absolute atomic E-state index is 0.117. The van der Waals surface area contributed by atoms with E-state index in [0.717, 1.165) is 17.8 Å². The van der Waals surface area contributed by atoms with Gasteiger partial charge in [0, 0.05) is 18.7 Å². The van der Waals surface area contributed by atoms with Crippen molar-refractivity contribution in [3.05, 3.63) is 12.1 Å². The number of amides is 1. The van der Waals surface area contributed by atoms with Gasteiger partial charge in [-0.1, -0.05) is 20.8 Å². The smallest absolute Gasteiger partial charge is 0.249 e. The Labute approximate surface area is 126 Å². The fraction of sp³-hybridized carbons (Fsp3) is 0.562. The van der Waals surface area contributed by atoms with Gasteiger partial charge in [0.1, 0.15) is 6.04 Å². The average Bonchev–Trinajstić information content (AvgIpc) is 2.48. The van der Waals surface area contributed by atoms with E-state index in [2.05, 4.69) is 19.2 Å². The minimum Gasteiger partial charge on any atom is -0.493 e. The van der Waals surface area contributed by atoms with Crippen LogP contribution >= 0.6 is 0 Å². The number of ether oxygens (including phenoxy) is 2. The number of fused-ring (bicyclic) bond motifs is 1. The number of hydrogen-bond donors (Lipinski definition) is 1. The number of nitrogens with one attached hydrogen (secondary N) is 1. The lowest BCUT2D eigenvalue weighted by Gasteiger charge is -2.36. The van der Waals surface area contributed by atoms with Crippen LogP contribution in [0, 0.1) is 5.92 Å². The van der Waals surface area contributed by atoms with E-state index in [1.807, 2.05) is 24.0 Å². The van der Waals surface area contributed by atoms with E-state index in [1.165, 1.54) is 0 Å². The van der Waals surface area contributed by atoms with Gasteiger partial charge in [0.15, 0.2) is 11.5 Å². The first-order valence-corrected chi connectivity index (χ1v) is 7.35. The third-order valence-electron chi connectivity index (χ3n) is 3.64. The monoisotopic (exact) mass is 292 g/mol. The first-order valence-electron chi connectivity index (χ1n) is 7.35. The molecule has 5 nitrogen and oxygen atoms in total. The molecule has 0 aromatic heterocycles. The lowest BCUT2D eigenvalue weighted by molar-refractivity contribution is -0.119. The summed E-state index contributed by atoms with van der Waals surface area (Å²) in [5, 5.41) is 3.30. The number of rotatable bonds is 5. The molecule has 2 rings (SSSR count). The maximum Gasteiger partial charge on any atom is 0.249 e. The summed E-state index contributed by atoms with van der Waals surface area (Å²) in [6.45, 7) is 6.92. The van der Waals surface area contributed by atoms with E-state index in [0.29, 0.717) is 24.0 Å². The van der Waals surface area contributed by atoms with Crippen molar-refractivity contribution in [2.75, 3.05) is 31.0 Å². The molecule has 0 bridgehead atoms. The Morgan fingerprint density at radius 1 is 1.24 bits per heavy atom. The summed E-state index contributed by atoms with van der Waals surface area (Å²) < 4.78 is 10.7. The molecule has 1 N–H and O–H groups in total. The Bertz CT molecular complexity index is 528. The van der Waals surface area contributed by atoms with E-state index in [9.17, 15) is 4.79 Å². The third kappa shape index (κ3) is 2.91. The summed E-state index contributed by atoms with van der Waals surface area (Å²) >= 11 is 0. The Hall–Kier alpha value is -1.91. The number of methoxy groups -OCH3 is 2. The van der Waals surface area contributed by atoms with Crippen LogP contribution in [0.5, 0.6) is 11.5 Å². The number of hydrogen-bond acceptors (Lipinski definition) is 4. The van der Waals surface area contributed by atoms with Crippen molar-refractivity contribution in [2.24, 2.45) is 5.92 Å². The molecule has 1 aliphatic heterocycles. The number of anilines is 2. The molecule has 1 aromatic rings. The predicted octanol–water partition coefficient (Wildman–Crippen LogP) is 2.90. The van der Waals surface area contributed by atoms with Gasteiger partial charge in [-0.15, -0.1) is 0 Å². The van der Waals surface area contributed by atoms with Crippen molar-refractivity contribution >= 4 is 17.3 Å². The van der Waals surface area contributed by atoms with Gasteiger partial charge in [-0.2, -0.15) is 0 Å². The number of carbonyl (C=O) groups excluding carboxylic acids is 1. The third-order valence-corrected chi connectivity index (χ3v) is 3.64. The molecule has 0 saturated carbocycles. The van der Waals surface area contributed by atoms with Crippen LogP contribution in [-0.2, 0) is 4.79 Å². The minimum atomic E-state index is -0.186. The molecule has 0 radical (unpaired) electrons. The summed E-state index contributed by atoms with van der Waals surface area (Å²) in [7, 11) is 3.21. The largest absolute Gasteiger partial charge is 0.493 e. The van der Waals surface area contributed by atoms with Crippen LogP contribution < -0.4 is 19.7 Å². The van der Waals surface area contributed by atoms with E-state index in [1.54, 1.807) is 14.2 Å². The molecule has 0 saturated heterocycles. The summed E-state index contributed by atoms with van der Waals surface area (Å²) in [5.74, 6) is 1.81. The van der Waals surface area contributed by atoms with Gasteiger partial charge >= 0.3 is 0 Å². The van der Waals surface area contributed by atoms with Crippen LogP contribution in [0.2, 0.25) is 0 Å². The SMILES string of the molecule is CCC1Nc2cc(OC)c(OC)cc2N(CC(C)C)C1=O. The van der Waals surface area contributed by atoms with E-state index in [4.69, 9.17) is 9.47 Å². The molecule has 1 aliphatic rings. The van der Waals surface area contributed by atoms with Crippen LogP contribution in [0.25, 0.3) is 0 Å². The van der Waals surface area contributed by atoms with Gasteiger partial charge in [-0.05, 0) is 12.3 Å². The highest BCUT2D eigenvalue weighted by Crippen LogP contribution is 2.41. The maximum absolute atomic E-state index is 12.6. The fourth-order valence-corrected chi connectivity index (χ4v) is 2.59. The number of carbonyl (C=O) groups is 1. The molecular formula is C16H24N2O3. The molecule has 1 atom stereocenters. The average molecular weight is 292 g/mol. The first kappa shape index (κ1) is 15.5. The second-order valence-corrected chi connectivity index (χ2v) is 5.67. The summed E-state index contributed by atoms with van der Waals surface area (Å²) in [5.41, 5.74) is 1.77. The Kier molecular flexibility index (Phi) is 4.60. The predicted molar refractivity (Wildman–Crippen MR) is 84.4 cm³/mol. The highest BCUT2D eigenvalue weighted by atomic mass is 16.5. The van der Waals surface area contributed by atoms with Gasteiger partial charge < -0.3 is 19.7 Å². The van der Waals surface area contributed by atoms with E-state index in [-0.39, 0.29) is 11.9 Å². The number of nitrogens with zero attached hydrogens (tertiary/aromatic N) is 1. The van der Waals surface area contributed by atoms with Gasteiger partial charge in [0.25, 0.3) is 0 Å². The van der Waals surface area contributed by atoms with Crippen LogP contribution in [0.1, 0.15) is 27.2 Å². The lowest BCUT2D eigenvalue weighted by Crippen LogP contribution is -2.48. The van der Waals surface area contributed by atoms with E-state index >= 15 is 0 Å². The normalized spacial score (nSPS) is 17.5.